The van der Waals surface area contributed by atoms with Crippen LogP contribution in [0, 0.1) is 0 Å². The first-order chi connectivity index (χ1) is 18.3. The molecule has 0 unspecified atom stereocenters. The van der Waals surface area contributed by atoms with Crippen molar-refractivity contribution in [3.05, 3.63) is 113 Å². The van der Waals surface area contributed by atoms with Crippen LogP contribution in [0.2, 0.25) is 0 Å². The van der Waals surface area contributed by atoms with Gasteiger partial charge in [-0.3, -0.25) is 10.1 Å². The molecule has 0 radical (unpaired) electrons. The molecule has 0 fully saturated rings. The summed E-state index contributed by atoms with van der Waals surface area (Å²) in [6.07, 6.45) is -0.666. The molecule has 196 valence electrons. The average molecular weight is 547 g/mol. The van der Waals surface area contributed by atoms with Gasteiger partial charge in [0.1, 0.15) is 17.2 Å². The molecule has 0 bridgehead atoms. The molecule has 2 N–H and O–H groups in total. The summed E-state index contributed by atoms with van der Waals surface area (Å²) in [5.74, 6) is -0.147. The van der Waals surface area contributed by atoms with E-state index in [9.17, 15) is 9.59 Å². The first-order valence-electron chi connectivity index (χ1n) is 12.1. The van der Waals surface area contributed by atoms with Gasteiger partial charge in [-0.2, -0.15) is 0 Å². The highest BCUT2D eigenvalue weighted by Gasteiger charge is 2.39. The summed E-state index contributed by atoms with van der Waals surface area (Å²) in [7, 11) is 0. The van der Waals surface area contributed by atoms with Crippen LogP contribution >= 0.6 is 23.1 Å². The number of carbonyl (C=O) groups is 2. The van der Waals surface area contributed by atoms with E-state index in [2.05, 4.69) is 57.2 Å². The molecule has 0 aliphatic heterocycles. The molecule has 7 nitrogen and oxygen atoms in total. The Labute approximate surface area is 231 Å². The van der Waals surface area contributed by atoms with Crippen molar-refractivity contribution >= 4 is 40.2 Å². The number of anilines is 1. The predicted molar refractivity (Wildman–Crippen MR) is 153 cm³/mol. The maximum atomic E-state index is 13.4. The van der Waals surface area contributed by atoms with Crippen molar-refractivity contribution in [3.63, 3.8) is 0 Å². The van der Waals surface area contributed by atoms with E-state index < -0.39 is 28.4 Å². The Kier molecular flexibility index (Phi) is 8.81. The minimum atomic E-state index is -0.908. The van der Waals surface area contributed by atoms with Crippen LogP contribution in [0.5, 0.6) is 0 Å². The third kappa shape index (κ3) is 6.79. The van der Waals surface area contributed by atoms with Crippen LogP contribution in [0.4, 0.5) is 9.93 Å². The third-order valence-electron chi connectivity index (χ3n) is 5.61. The largest absolute Gasteiger partial charge is 0.444 e. The monoisotopic (exact) mass is 546 g/mol. The molecule has 0 spiro atoms. The summed E-state index contributed by atoms with van der Waals surface area (Å²) < 4.78 is 4.82. The van der Waals surface area contributed by atoms with Gasteiger partial charge in [0.25, 0.3) is 0 Å². The van der Waals surface area contributed by atoms with Gasteiger partial charge in [0, 0.05) is 5.75 Å². The Hall–Kier alpha value is -3.69. The van der Waals surface area contributed by atoms with Crippen molar-refractivity contribution in [2.24, 2.45) is 0 Å². The van der Waals surface area contributed by atoms with E-state index in [0.29, 0.717) is 5.13 Å². The Bertz CT molecular complexity index is 1220. The zero-order chi connectivity index (χ0) is 27.0. The van der Waals surface area contributed by atoms with Crippen LogP contribution in [0.15, 0.2) is 96.5 Å². The van der Waals surface area contributed by atoms with Crippen LogP contribution in [0.25, 0.3) is 0 Å². The zero-order valence-electron chi connectivity index (χ0n) is 21.5. The van der Waals surface area contributed by atoms with E-state index in [0.717, 1.165) is 16.7 Å². The van der Waals surface area contributed by atoms with Gasteiger partial charge in [-0.05, 0) is 37.5 Å². The molecule has 0 saturated heterocycles. The lowest BCUT2D eigenvalue weighted by molar-refractivity contribution is -0.117. The predicted octanol–water partition coefficient (Wildman–Crippen LogP) is 6.10. The maximum Gasteiger partial charge on any atom is 0.408 e. The van der Waals surface area contributed by atoms with Gasteiger partial charge in [-0.25, -0.2) is 4.79 Å². The summed E-state index contributed by atoms with van der Waals surface area (Å²) in [4.78, 5) is 26.1. The van der Waals surface area contributed by atoms with Crippen molar-refractivity contribution in [2.45, 2.75) is 37.2 Å². The van der Waals surface area contributed by atoms with Crippen LogP contribution in [-0.2, 0) is 14.3 Å². The maximum absolute atomic E-state index is 13.4. The molecule has 0 aliphatic rings. The van der Waals surface area contributed by atoms with E-state index in [1.807, 2.05) is 54.6 Å². The molecule has 3 aromatic carbocycles. The lowest BCUT2D eigenvalue weighted by Gasteiger charge is -2.36. The van der Waals surface area contributed by atoms with E-state index in [1.165, 1.54) is 16.8 Å². The summed E-state index contributed by atoms with van der Waals surface area (Å²) in [6, 6.07) is 29.6. The number of nitrogens with one attached hydrogen (secondary N) is 2. The lowest BCUT2D eigenvalue weighted by Crippen LogP contribution is -2.48. The number of carbonyl (C=O) groups excluding carboxylic acids is 2. The Morgan fingerprint density at radius 1 is 0.868 bits per heavy atom. The number of thioether (sulfide) groups is 1. The molecular weight excluding hydrogens is 516 g/mol. The second-order valence-corrected chi connectivity index (χ2v) is 11.6. The number of hydrogen-bond acceptors (Lipinski definition) is 7. The van der Waals surface area contributed by atoms with Gasteiger partial charge in [0.15, 0.2) is 0 Å². The molecular formula is C29H30N4O3S2. The van der Waals surface area contributed by atoms with Crippen molar-refractivity contribution in [3.8, 4) is 0 Å². The highest BCUT2D eigenvalue weighted by molar-refractivity contribution is 8.00. The normalized spacial score (nSPS) is 12.4. The molecule has 1 heterocycles. The topological polar surface area (TPSA) is 93.2 Å². The number of ether oxygens (including phenoxy) is 1. The molecule has 9 heteroatoms. The van der Waals surface area contributed by atoms with Crippen molar-refractivity contribution in [2.75, 3.05) is 11.1 Å². The Balaban J connectivity index is 1.73. The highest BCUT2D eigenvalue weighted by atomic mass is 32.2. The molecule has 0 saturated carbocycles. The van der Waals surface area contributed by atoms with Gasteiger partial charge < -0.3 is 10.1 Å². The first-order valence-corrected chi connectivity index (χ1v) is 14.0. The van der Waals surface area contributed by atoms with Crippen LogP contribution in [-0.4, -0.2) is 39.6 Å². The molecule has 1 atom stereocenters. The third-order valence-corrected chi connectivity index (χ3v) is 7.85. The van der Waals surface area contributed by atoms with Gasteiger partial charge in [-0.15, -0.1) is 22.0 Å². The number of hydrogen-bond donors (Lipinski definition) is 2. The molecule has 0 aliphatic carbocycles. The highest BCUT2D eigenvalue weighted by Crippen LogP contribution is 2.48. The fourth-order valence-corrected chi connectivity index (χ4v) is 6.04. The quantitative estimate of drug-likeness (QED) is 0.247. The number of benzene rings is 3. The molecule has 1 aromatic heterocycles. The van der Waals surface area contributed by atoms with E-state index >= 15 is 0 Å². The molecule has 38 heavy (non-hydrogen) atoms. The standard InChI is InChI=1S/C29H30N4O3S2/c1-28(2,3)36-27(35)31-24(25(34)32-26-33-30-20-37-26)19-38-29(21-13-7-4-8-14-21,22-15-9-5-10-16-22)23-17-11-6-12-18-23/h4-18,20,24H,19H2,1-3H3,(H,31,35)(H,32,33,34)/t24-/m1/s1. The smallest absolute Gasteiger partial charge is 0.408 e. The number of amides is 2. The number of alkyl carbamates (subject to hydrolysis) is 1. The van der Waals surface area contributed by atoms with E-state index in [1.54, 1.807) is 32.5 Å². The number of nitrogens with zero attached hydrogens (tertiary/aromatic N) is 2. The Morgan fingerprint density at radius 2 is 1.37 bits per heavy atom. The molecule has 2 amide bonds. The van der Waals surface area contributed by atoms with Crippen LogP contribution in [0.3, 0.4) is 0 Å². The summed E-state index contributed by atoms with van der Waals surface area (Å²) in [5, 5.41) is 13.6. The van der Waals surface area contributed by atoms with Crippen LogP contribution in [0.1, 0.15) is 37.5 Å². The second-order valence-electron chi connectivity index (χ2n) is 9.52. The van der Waals surface area contributed by atoms with Crippen molar-refractivity contribution < 1.29 is 14.3 Å². The van der Waals surface area contributed by atoms with Crippen molar-refractivity contribution in [1.29, 1.82) is 0 Å². The van der Waals surface area contributed by atoms with Gasteiger partial charge in [0.2, 0.25) is 11.0 Å². The van der Waals surface area contributed by atoms with Gasteiger partial charge >= 0.3 is 6.09 Å². The van der Waals surface area contributed by atoms with E-state index in [-0.39, 0.29) is 5.75 Å². The number of rotatable bonds is 9. The van der Waals surface area contributed by atoms with Crippen molar-refractivity contribution in [1.82, 2.24) is 15.5 Å². The minimum Gasteiger partial charge on any atom is -0.444 e. The molecule has 4 rings (SSSR count). The average Bonchev–Trinajstić information content (AvgIpc) is 3.42. The summed E-state index contributed by atoms with van der Waals surface area (Å²) in [6.45, 7) is 5.34. The fourth-order valence-electron chi connectivity index (χ4n) is 4.03. The summed E-state index contributed by atoms with van der Waals surface area (Å²) in [5.41, 5.74) is 4.00. The van der Waals surface area contributed by atoms with Gasteiger partial charge in [-0.1, -0.05) is 102 Å². The SMILES string of the molecule is CC(C)(C)OC(=O)N[C@H](CSC(c1ccccc1)(c1ccccc1)c1ccccc1)C(=O)Nc1nncs1. The summed E-state index contributed by atoms with van der Waals surface area (Å²) >= 11 is 2.78. The minimum absolute atomic E-state index is 0.253. The van der Waals surface area contributed by atoms with Crippen LogP contribution < -0.4 is 10.6 Å². The van der Waals surface area contributed by atoms with Gasteiger partial charge in [0.05, 0.1) is 4.75 Å². The Morgan fingerprint density at radius 3 is 1.79 bits per heavy atom. The van der Waals surface area contributed by atoms with E-state index in [4.69, 9.17) is 4.74 Å². The molecule has 4 aromatic rings. The lowest BCUT2D eigenvalue weighted by atomic mass is 9.84. The first kappa shape index (κ1) is 27.3. The number of aromatic nitrogens is 2. The zero-order valence-corrected chi connectivity index (χ0v) is 23.1. The second kappa shape index (κ2) is 12.2. The fraction of sp³-hybridized carbons (Fsp3) is 0.241.